The van der Waals surface area contributed by atoms with Crippen molar-refractivity contribution in [3.63, 3.8) is 0 Å². The summed E-state index contributed by atoms with van der Waals surface area (Å²) in [5.74, 6) is -0.0810. The van der Waals surface area contributed by atoms with Crippen LogP contribution in [0.4, 0.5) is 0 Å². The highest BCUT2D eigenvalue weighted by molar-refractivity contribution is 5.92. The molecule has 0 spiro atoms. The van der Waals surface area contributed by atoms with Gasteiger partial charge in [0.05, 0.1) is 13.2 Å². The van der Waals surface area contributed by atoms with Crippen LogP contribution in [0.5, 0.6) is 0 Å². The molecule has 1 saturated heterocycles. The minimum Gasteiger partial charge on any atom is -0.379 e. The van der Waals surface area contributed by atoms with Crippen molar-refractivity contribution in [2.75, 3.05) is 32.8 Å². The first-order chi connectivity index (χ1) is 10.7. The molecular formula is C16H26N4O2. The van der Waals surface area contributed by atoms with Gasteiger partial charge in [0.2, 0.25) is 0 Å². The van der Waals surface area contributed by atoms with Crippen LogP contribution in [0.15, 0.2) is 6.07 Å². The Labute approximate surface area is 131 Å². The number of hydrogen-bond donors (Lipinski definition) is 2. The average molecular weight is 306 g/mol. The van der Waals surface area contributed by atoms with Crippen LogP contribution in [-0.2, 0) is 4.74 Å². The first-order valence-corrected chi connectivity index (χ1v) is 8.33. The molecule has 1 aliphatic heterocycles. The Bertz CT molecular complexity index is 502. The summed E-state index contributed by atoms with van der Waals surface area (Å²) in [5, 5.41) is 9.98. The summed E-state index contributed by atoms with van der Waals surface area (Å²) in [6, 6.07) is 1.79. The molecule has 0 radical (unpaired) electrons. The monoisotopic (exact) mass is 306 g/mol. The van der Waals surface area contributed by atoms with Gasteiger partial charge in [0, 0.05) is 30.9 Å². The number of H-pyrrole nitrogens is 1. The Balaban J connectivity index is 1.66. The number of aromatic nitrogens is 2. The number of aromatic amines is 1. The number of morpholine rings is 1. The normalized spacial score (nSPS) is 22.4. The lowest BCUT2D eigenvalue weighted by atomic mass is 9.79. The van der Waals surface area contributed by atoms with Crippen LogP contribution >= 0.6 is 0 Å². The third-order valence-electron chi connectivity index (χ3n) is 4.98. The van der Waals surface area contributed by atoms with Gasteiger partial charge in [-0.25, -0.2) is 0 Å². The van der Waals surface area contributed by atoms with E-state index < -0.39 is 0 Å². The van der Waals surface area contributed by atoms with Gasteiger partial charge < -0.3 is 10.1 Å². The van der Waals surface area contributed by atoms with E-state index in [1.807, 2.05) is 6.92 Å². The molecule has 2 heterocycles. The lowest BCUT2D eigenvalue weighted by molar-refractivity contribution is -0.0361. The summed E-state index contributed by atoms with van der Waals surface area (Å²) in [7, 11) is 0. The summed E-state index contributed by atoms with van der Waals surface area (Å²) in [4.78, 5) is 14.8. The molecule has 2 N–H and O–H groups in total. The lowest BCUT2D eigenvalue weighted by Crippen LogP contribution is -2.59. The van der Waals surface area contributed by atoms with Crippen molar-refractivity contribution in [3.8, 4) is 0 Å². The Hall–Kier alpha value is -1.40. The van der Waals surface area contributed by atoms with Crippen molar-refractivity contribution >= 4 is 5.91 Å². The van der Waals surface area contributed by atoms with Crippen molar-refractivity contribution in [2.24, 2.45) is 0 Å². The maximum Gasteiger partial charge on any atom is 0.271 e. The van der Waals surface area contributed by atoms with Gasteiger partial charge in [0.1, 0.15) is 5.69 Å². The predicted molar refractivity (Wildman–Crippen MR) is 83.9 cm³/mol. The number of aryl methyl sites for hydroxylation is 1. The number of ether oxygens (including phenoxy) is 1. The van der Waals surface area contributed by atoms with Crippen LogP contribution in [0.2, 0.25) is 0 Å². The quantitative estimate of drug-likeness (QED) is 0.884. The molecule has 1 aromatic heterocycles. The second-order valence-electron chi connectivity index (χ2n) is 6.50. The van der Waals surface area contributed by atoms with Crippen molar-refractivity contribution in [2.45, 2.75) is 44.6 Å². The fourth-order valence-electron chi connectivity index (χ4n) is 3.72. The number of rotatable bonds is 4. The molecule has 1 aliphatic carbocycles. The molecule has 1 aromatic rings. The molecule has 0 unspecified atom stereocenters. The summed E-state index contributed by atoms with van der Waals surface area (Å²) >= 11 is 0. The van der Waals surface area contributed by atoms with E-state index in [0.717, 1.165) is 44.8 Å². The zero-order chi connectivity index (χ0) is 15.4. The minimum absolute atomic E-state index is 0.0810. The van der Waals surface area contributed by atoms with Crippen LogP contribution in [0.3, 0.4) is 0 Å². The Morgan fingerprint density at radius 1 is 1.36 bits per heavy atom. The molecule has 6 nitrogen and oxygen atoms in total. The molecule has 3 rings (SSSR count). The highest BCUT2D eigenvalue weighted by atomic mass is 16.5. The van der Waals surface area contributed by atoms with Crippen LogP contribution < -0.4 is 5.32 Å². The number of nitrogens with one attached hydrogen (secondary N) is 2. The van der Waals surface area contributed by atoms with Gasteiger partial charge in [-0.1, -0.05) is 19.3 Å². The van der Waals surface area contributed by atoms with Crippen LogP contribution in [0.1, 0.15) is 48.3 Å². The number of hydrogen-bond acceptors (Lipinski definition) is 4. The molecule has 1 amide bonds. The van der Waals surface area contributed by atoms with E-state index in [-0.39, 0.29) is 11.4 Å². The maximum absolute atomic E-state index is 12.3. The van der Waals surface area contributed by atoms with Crippen molar-refractivity contribution < 1.29 is 9.53 Å². The zero-order valence-corrected chi connectivity index (χ0v) is 13.4. The van der Waals surface area contributed by atoms with Crippen LogP contribution in [0.25, 0.3) is 0 Å². The van der Waals surface area contributed by atoms with Crippen LogP contribution in [-0.4, -0.2) is 59.4 Å². The van der Waals surface area contributed by atoms with Gasteiger partial charge in [-0.15, -0.1) is 0 Å². The van der Waals surface area contributed by atoms with Gasteiger partial charge in [-0.2, -0.15) is 5.10 Å². The third-order valence-corrected chi connectivity index (χ3v) is 4.98. The van der Waals surface area contributed by atoms with E-state index in [1.54, 1.807) is 6.07 Å². The second kappa shape index (κ2) is 6.79. The zero-order valence-electron chi connectivity index (χ0n) is 13.4. The highest BCUT2D eigenvalue weighted by Crippen LogP contribution is 2.33. The Morgan fingerprint density at radius 2 is 2.09 bits per heavy atom. The number of nitrogens with zero attached hydrogens (tertiary/aromatic N) is 2. The molecule has 122 valence electrons. The molecule has 2 aliphatic rings. The number of carbonyl (C=O) groups is 1. The van der Waals surface area contributed by atoms with Crippen molar-refractivity contribution in [3.05, 3.63) is 17.5 Å². The fraction of sp³-hybridized carbons (Fsp3) is 0.750. The van der Waals surface area contributed by atoms with Gasteiger partial charge >= 0.3 is 0 Å². The highest BCUT2D eigenvalue weighted by Gasteiger charge is 2.38. The molecule has 0 aromatic carbocycles. The van der Waals surface area contributed by atoms with E-state index in [1.165, 1.54) is 19.3 Å². The first kappa shape index (κ1) is 15.5. The Morgan fingerprint density at radius 3 is 2.73 bits per heavy atom. The average Bonchev–Trinajstić information content (AvgIpc) is 3.01. The second-order valence-corrected chi connectivity index (χ2v) is 6.50. The van der Waals surface area contributed by atoms with E-state index in [4.69, 9.17) is 4.74 Å². The maximum atomic E-state index is 12.3. The van der Waals surface area contributed by atoms with Crippen molar-refractivity contribution in [1.29, 1.82) is 0 Å². The van der Waals surface area contributed by atoms with E-state index in [9.17, 15) is 4.79 Å². The summed E-state index contributed by atoms with van der Waals surface area (Å²) < 4.78 is 5.49. The van der Waals surface area contributed by atoms with Crippen molar-refractivity contribution in [1.82, 2.24) is 20.4 Å². The Kier molecular flexibility index (Phi) is 4.78. The summed E-state index contributed by atoms with van der Waals surface area (Å²) in [6.07, 6.45) is 6.11. The lowest BCUT2D eigenvalue weighted by Gasteiger charge is -2.48. The van der Waals surface area contributed by atoms with Gasteiger partial charge in [-0.3, -0.25) is 14.8 Å². The van der Waals surface area contributed by atoms with Gasteiger partial charge in [-0.05, 0) is 25.8 Å². The molecule has 2 fully saturated rings. The standard InChI is InChI=1S/C16H26N4O2/c1-13-11-14(19-18-13)15(21)17-12-16(5-3-2-4-6-16)20-7-9-22-10-8-20/h11H,2-10,12H2,1H3,(H,17,21)(H,18,19). The predicted octanol–water partition coefficient (Wildman–Crippen LogP) is 1.48. The molecule has 22 heavy (non-hydrogen) atoms. The largest absolute Gasteiger partial charge is 0.379 e. The first-order valence-electron chi connectivity index (χ1n) is 8.33. The molecule has 6 heteroatoms. The van der Waals surface area contributed by atoms with E-state index in [0.29, 0.717) is 12.2 Å². The van der Waals surface area contributed by atoms with Gasteiger partial charge in [0.25, 0.3) is 5.91 Å². The van der Waals surface area contributed by atoms with E-state index in [2.05, 4.69) is 20.4 Å². The molecule has 1 saturated carbocycles. The topological polar surface area (TPSA) is 70.2 Å². The number of carbonyl (C=O) groups excluding carboxylic acids is 1. The van der Waals surface area contributed by atoms with Crippen LogP contribution in [0, 0.1) is 6.92 Å². The minimum atomic E-state index is -0.0810. The smallest absolute Gasteiger partial charge is 0.271 e. The van der Waals surface area contributed by atoms with Gasteiger partial charge in [0.15, 0.2) is 0 Å². The molecular weight excluding hydrogens is 280 g/mol. The van der Waals surface area contributed by atoms with E-state index >= 15 is 0 Å². The third kappa shape index (κ3) is 3.33. The fourth-order valence-corrected chi connectivity index (χ4v) is 3.72. The SMILES string of the molecule is Cc1cc(C(=O)NCC2(N3CCOCC3)CCCCC2)n[nH]1. The summed E-state index contributed by atoms with van der Waals surface area (Å²) in [5.41, 5.74) is 1.49. The molecule has 0 atom stereocenters. The number of amides is 1. The summed E-state index contributed by atoms with van der Waals surface area (Å²) in [6.45, 7) is 6.15. The molecule has 0 bridgehead atoms.